The highest BCUT2D eigenvalue weighted by atomic mass is 16.5. The Bertz CT molecular complexity index is 473. The van der Waals surface area contributed by atoms with Crippen LogP contribution >= 0.6 is 0 Å². The lowest BCUT2D eigenvalue weighted by molar-refractivity contribution is 0.104. The molecule has 2 aromatic rings. The number of aliphatic hydroxyl groups excluding tert-OH is 1. The number of benzene rings is 1. The van der Waals surface area contributed by atoms with Gasteiger partial charge in [0, 0.05) is 5.56 Å². The van der Waals surface area contributed by atoms with Crippen LogP contribution in [-0.4, -0.2) is 32.8 Å². The van der Waals surface area contributed by atoms with E-state index < -0.39 is 6.10 Å². The second-order valence-corrected chi connectivity index (χ2v) is 3.86. The Labute approximate surface area is 106 Å². The number of aliphatic hydroxyl groups is 1. The first-order valence-electron chi connectivity index (χ1n) is 5.83. The first-order chi connectivity index (χ1) is 8.79. The molecular formula is C13H15N3O2. The SMILES string of the molecule is CCC(O)COc1ccc(-c2ncncn2)cc1. The summed E-state index contributed by atoms with van der Waals surface area (Å²) < 4.78 is 5.45. The highest BCUT2D eigenvalue weighted by Crippen LogP contribution is 2.18. The molecule has 94 valence electrons. The first-order valence-corrected chi connectivity index (χ1v) is 5.83. The molecule has 0 saturated heterocycles. The topological polar surface area (TPSA) is 68.1 Å². The molecule has 0 aliphatic heterocycles. The van der Waals surface area contributed by atoms with Gasteiger partial charge in [0.25, 0.3) is 0 Å². The minimum atomic E-state index is -0.423. The lowest BCUT2D eigenvalue weighted by Crippen LogP contribution is -2.15. The van der Waals surface area contributed by atoms with E-state index in [2.05, 4.69) is 15.0 Å². The maximum Gasteiger partial charge on any atom is 0.162 e. The van der Waals surface area contributed by atoms with Gasteiger partial charge in [0.1, 0.15) is 25.0 Å². The van der Waals surface area contributed by atoms with Crippen molar-refractivity contribution in [2.75, 3.05) is 6.61 Å². The molecule has 18 heavy (non-hydrogen) atoms. The van der Waals surface area contributed by atoms with Gasteiger partial charge in [-0.05, 0) is 30.7 Å². The molecule has 0 aliphatic carbocycles. The van der Waals surface area contributed by atoms with E-state index >= 15 is 0 Å². The maximum atomic E-state index is 9.40. The number of hydrogen-bond acceptors (Lipinski definition) is 5. The van der Waals surface area contributed by atoms with Crippen molar-refractivity contribution < 1.29 is 9.84 Å². The Morgan fingerprint density at radius 2 is 1.83 bits per heavy atom. The summed E-state index contributed by atoms with van der Waals surface area (Å²) >= 11 is 0. The second kappa shape index (κ2) is 6.07. The van der Waals surface area contributed by atoms with Gasteiger partial charge in [0.05, 0.1) is 6.10 Å². The van der Waals surface area contributed by atoms with Crippen LogP contribution in [0, 0.1) is 0 Å². The van der Waals surface area contributed by atoms with Gasteiger partial charge in [-0.2, -0.15) is 0 Å². The number of nitrogens with zero attached hydrogens (tertiary/aromatic N) is 3. The van der Waals surface area contributed by atoms with E-state index in [1.54, 1.807) is 0 Å². The monoisotopic (exact) mass is 245 g/mol. The second-order valence-electron chi connectivity index (χ2n) is 3.86. The fourth-order valence-corrected chi connectivity index (χ4v) is 1.40. The molecule has 0 fully saturated rings. The molecule has 1 aromatic heterocycles. The van der Waals surface area contributed by atoms with Crippen LogP contribution in [0.4, 0.5) is 0 Å². The van der Waals surface area contributed by atoms with Crippen molar-refractivity contribution in [1.29, 1.82) is 0 Å². The van der Waals surface area contributed by atoms with Gasteiger partial charge in [-0.1, -0.05) is 6.92 Å². The standard InChI is InChI=1S/C13H15N3O2/c1-2-11(17)7-18-12-5-3-10(4-6-12)13-15-8-14-9-16-13/h3-6,8-9,11,17H,2,7H2,1H3. The molecule has 1 heterocycles. The Morgan fingerprint density at radius 1 is 1.17 bits per heavy atom. The summed E-state index contributed by atoms with van der Waals surface area (Å²) in [5.74, 6) is 1.35. The zero-order valence-electron chi connectivity index (χ0n) is 10.2. The maximum absolute atomic E-state index is 9.40. The fraction of sp³-hybridized carbons (Fsp3) is 0.308. The molecule has 5 heteroatoms. The summed E-state index contributed by atoms with van der Waals surface area (Å²) in [5, 5.41) is 9.40. The van der Waals surface area contributed by atoms with Gasteiger partial charge in [-0.15, -0.1) is 0 Å². The van der Waals surface area contributed by atoms with Crippen LogP contribution in [0.15, 0.2) is 36.9 Å². The average molecular weight is 245 g/mol. The summed E-state index contributed by atoms with van der Waals surface area (Å²) in [5.41, 5.74) is 0.904. The van der Waals surface area contributed by atoms with E-state index in [9.17, 15) is 5.11 Å². The highest BCUT2D eigenvalue weighted by Gasteiger charge is 2.03. The molecule has 1 atom stereocenters. The molecule has 0 spiro atoms. The van der Waals surface area contributed by atoms with E-state index in [1.807, 2.05) is 31.2 Å². The summed E-state index contributed by atoms with van der Waals surface area (Å²) in [7, 11) is 0. The molecule has 0 saturated carbocycles. The minimum absolute atomic E-state index is 0.307. The summed E-state index contributed by atoms with van der Waals surface area (Å²) in [6.07, 6.45) is 3.19. The quantitative estimate of drug-likeness (QED) is 0.868. The Morgan fingerprint density at radius 3 is 2.44 bits per heavy atom. The van der Waals surface area contributed by atoms with Crippen LogP contribution in [0.1, 0.15) is 13.3 Å². The first kappa shape index (κ1) is 12.4. The third-order valence-electron chi connectivity index (χ3n) is 2.52. The van der Waals surface area contributed by atoms with E-state index in [0.717, 1.165) is 11.3 Å². The molecule has 1 aromatic carbocycles. The van der Waals surface area contributed by atoms with E-state index in [-0.39, 0.29) is 0 Å². The number of ether oxygens (including phenoxy) is 1. The number of rotatable bonds is 5. The predicted molar refractivity (Wildman–Crippen MR) is 67.1 cm³/mol. The van der Waals surface area contributed by atoms with E-state index in [4.69, 9.17) is 4.74 Å². The molecule has 2 rings (SSSR count). The molecule has 0 amide bonds. The van der Waals surface area contributed by atoms with Crippen LogP contribution in [0.2, 0.25) is 0 Å². The summed E-state index contributed by atoms with van der Waals surface area (Å²) in [4.78, 5) is 11.9. The van der Waals surface area contributed by atoms with Crippen LogP contribution in [0.5, 0.6) is 5.75 Å². The van der Waals surface area contributed by atoms with Crippen molar-refractivity contribution in [1.82, 2.24) is 15.0 Å². The Kier molecular flexibility index (Phi) is 4.20. The number of aromatic nitrogens is 3. The van der Waals surface area contributed by atoms with Crippen molar-refractivity contribution >= 4 is 0 Å². The molecule has 1 unspecified atom stereocenters. The van der Waals surface area contributed by atoms with Crippen molar-refractivity contribution in [3.8, 4) is 17.1 Å². The van der Waals surface area contributed by atoms with Gasteiger partial charge in [-0.3, -0.25) is 0 Å². The van der Waals surface area contributed by atoms with Crippen LogP contribution < -0.4 is 4.74 Å². The lowest BCUT2D eigenvalue weighted by Gasteiger charge is -2.10. The van der Waals surface area contributed by atoms with E-state index in [0.29, 0.717) is 18.9 Å². The normalized spacial score (nSPS) is 12.1. The lowest BCUT2D eigenvalue weighted by atomic mass is 10.2. The molecule has 5 nitrogen and oxygen atoms in total. The highest BCUT2D eigenvalue weighted by molar-refractivity contribution is 5.55. The number of hydrogen-bond donors (Lipinski definition) is 1. The average Bonchev–Trinajstić information content (AvgIpc) is 2.46. The molecule has 0 radical (unpaired) electrons. The molecular weight excluding hydrogens is 230 g/mol. The summed E-state index contributed by atoms with van der Waals surface area (Å²) in [6, 6.07) is 7.43. The third kappa shape index (κ3) is 3.24. The minimum Gasteiger partial charge on any atom is -0.491 e. The van der Waals surface area contributed by atoms with Gasteiger partial charge in [0.2, 0.25) is 0 Å². The van der Waals surface area contributed by atoms with Crippen molar-refractivity contribution in [3.05, 3.63) is 36.9 Å². The van der Waals surface area contributed by atoms with Crippen LogP contribution in [0.3, 0.4) is 0 Å². The van der Waals surface area contributed by atoms with Crippen molar-refractivity contribution in [3.63, 3.8) is 0 Å². The molecule has 0 bridgehead atoms. The van der Waals surface area contributed by atoms with Crippen molar-refractivity contribution in [2.24, 2.45) is 0 Å². The zero-order valence-corrected chi connectivity index (χ0v) is 10.2. The van der Waals surface area contributed by atoms with Crippen molar-refractivity contribution in [2.45, 2.75) is 19.4 Å². The van der Waals surface area contributed by atoms with Gasteiger partial charge in [-0.25, -0.2) is 15.0 Å². The largest absolute Gasteiger partial charge is 0.491 e. The molecule has 1 N–H and O–H groups in total. The van der Waals surface area contributed by atoms with Gasteiger partial charge >= 0.3 is 0 Å². The fourth-order valence-electron chi connectivity index (χ4n) is 1.40. The van der Waals surface area contributed by atoms with Gasteiger partial charge in [0.15, 0.2) is 5.82 Å². The zero-order chi connectivity index (χ0) is 12.8. The Balaban J connectivity index is 2.02. The predicted octanol–water partition coefficient (Wildman–Crippen LogP) is 1.69. The summed E-state index contributed by atoms with van der Waals surface area (Å²) in [6.45, 7) is 2.22. The van der Waals surface area contributed by atoms with Crippen LogP contribution in [0.25, 0.3) is 11.4 Å². The Hall–Kier alpha value is -2.01. The molecule has 0 aliphatic rings. The van der Waals surface area contributed by atoms with Crippen LogP contribution in [-0.2, 0) is 0 Å². The third-order valence-corrected chi connectivity index (χ3v) is 2.52. The smallest absolute Gasteiger partial charge is 0.162 e. The van der Waals surface area contributed by atoms with Gasteiger partial charge < -0.3 is 9.84 Å². The van der Waals surface area contributed by atoms with E-state index in [1.165, 1.54) is 12.7 Å².